The third kappa shape index (κ3) is 4.05. The Morgan fingerprint density at radius 3 is 2.34 bits per heavy atom. The van der Waals surface area contributed by atoms with Gasteiger partial charge in [0.25, 0.3) is 5.91 Å². The van der Waals surface area contributed by atoms with Crippen LogP contribution in [0.1, 0.15) is 28.1 Å². The summed E-state index contributed by atoms with van der Waals surface area (Å²) in [4.78, 5) is 17.6. The lowest BCUT2D eigenvalue weighted by atomic mass is 10.1. The van der Waals surface area contributed by atoms with E-state index in [1.165, 1.54) is 22.9 Å². The van der Waals surface area contributed by atoms with Crippen molar-refractivity contribution < 1.29 is 4.79 Å². The minimum atomic E-state index is -0.110. The summed E-state index contributed by atoms with van der Waals surface area (Å²) in [5, 5.41) is 3.47. The standard InChI is InChI=1S/C24H23N3OS/c1-15-10-16(2)12-21(11-15)27-17(3)13-19(18(27)4)14-22-23(28)26-24(29-22)25-20-8-6-5-7-9-20/h5-14H,1-4H3,(H,25,26,28). The van der Waals surface area contributed by atoms with Crippen molar-refractivity contribution in [1.29, 1.82) is 0 Å². The normalized spacial score (nSPS) is 16.6. The molecule has 0 aliphatic carbocycles. The summed E-state index contributed by atoms with van der Waals surface area (Å²) in [6.45, 7) is 8.41. The van der Waals surface area contributed by atoms with Crippen LogP contribution in [0.15, 0.2) is 64.5 Å². The van der Waals surface area contributed by atoms with Crippen LogP contribution >= 0.6 is 11.8 Å². The Labute approximate surface area is 175 Å². The summed E-state index contributed by atoms with van der Waals surface area (Å²) in [5.41, 5.74) is 7.74. The minimum Gasteiger partial charge on any atom is -0.318 e. The van der Waals surface area contributed by atoms with Gasteiger partial charge in [0.2, 0.25) is 0 Å². The number of amides is 1. The van der Waals surface area contributed by atoms with Crippen LogP contribution in [0.5, 0.6) is 0 Å². The lowest BCUT2D eigenvalue weighted by Gasteiger charge is -2.12. The highest BCUT2D eigenvalue weighted by molar-refractivity contribution is 8.18. The van der Waals surface area contributed by atoms with E-state index in [9.17, 15) is 4.79 Å². The first-order valence-electron chi connectivity index (χ1n) is 9.53. The molecule has 0 spiro atoms. The van der Waals surface area contributed by atoms with Crippen molar-refractivity contribution >= 4 is 34.6 Å². The maximum atomic E-state index is 12.5. The Morgan fingerprint density at radius 1 is 0.966 bits per heavy atom. The lowest BCUT2D eigenvalue weighted by Crippen LogP contribution is -2.19. The molecule has 2 aromatic carbocycles. The van der Waals surface area contributed by atoms with Gasteiger partial charge < -0.3 is 9.88 Å². The molecule has 0 bridgehead atoms. The molecule has 4 rings (SSSR count). The van der Waals surface area contributed by atoms with Gasteiger partial charge in [-0.1, -0.05) is 24.3 Å². The van der Waals surface area contributed by atoms with E-state index in [2.05, 4.69) is 66.8 Å². The molecule has 5 heteroatoms. The molecule has 0 saturated carbocycles. The third-order valence-corrected chi connectivity index (χ3v) is 5.77. The van der Waals surface area contributed by atoms with Crippen molar-refractivity contribution in [2.75, 3.05) is 0 Å². The molecular formula is C24H23N3OS. The second-order valence-corrected chi connectivity index (χ2v) is 8.36. The first kappa shape index (κ1) is 19.3. The van der Waals surface area contributed by atoms with Gasteiger partial charge in [-0.3, -0.25) is 4.79 Å². The van der Waals surface area contributed by atoms with Crippen molar-refractivity contribution in [2.24, 2.45) is 4.99 Å². The van der Waals surface area contributed by atoms with Crippen molar-refractivity contribution in [3.8, 4) is 5.69 Å². The number of carbonyl (C=O) groups is 1. The van der Waals surface area contributed by atoms with E-state index in [1.54, 1.807) is 0 Å². The van der Waals surface area contributed by atoms with Gasteiger partial charge in [0.15, 0.2) is 5.17 Å². The number of thioether (sulfide) groups is 1. The summed E-state index contributed by atoms with van der Waals surface area (Å²) in [6, 6.07) is 18.3. The number of para-hydroxylation sites is 1. The number of amidine groups is 1. The van der Waals surface area contributed by atoms with E-state index in [1.807, 2.05) is 36.4 Å². The summed E-state index contributed by atoms with van der Waals surface area (Å²) in [5.74, 6) is -0.110. The largest absolute Gasteiger partial charge is 0.318 e. The van der Waals surface area contributed by atoms with Gasteiger partial charge in [0.1, 0.15) is 0 Å². The summed E-state index contributed by atoms with van der Waals surface area (Å²) in [6.07, 6.45) is 1.95. The fraction of sp³-hybridized carbons (Fsp3) is 0.167. The molecule has 0 radical (unpaired) electrons. The van der Waals surface area contributed by atoms with E-state index >= 15 is 0 Å². The van der Waals surface area contributed by atoms with Crippen molar-refractivity contribution in [3.63, 3.8) is 0 Å². The molecule has 1 saturated heterocycles. The molecule has 3 aromatic rings. The molecule has 29 heavy (non-hydrogen) atoms. The molecule has 1 aromatic heterocycles. The van der Waals surface area contributed by atoms with Crippen LogP contribution in [0.3, 0.4) is 0 Å². The van der Waals surface area contributed by atoms with E-state index in [0.29, 0.717) is 10.1 Å². The van der Waals surface area contributed by atoms with Gasteiger partial charge in [0.05, 0.1) is 10.6 Å². The highest BCUT2D eigenvalue weighted by Gasteiger charge is 2.24. The Hall–Kier alpha value is -3.05. The van der Waals surface area contributed by atoms with Gasteiger partial charge in [-0.25, -0.2) is 4.99 Å². The topological polar surface area (TPSA) is 46.4 Å². The van der Waals surface area contributed by atoms with Gasteiger partial charge >= 0.3 is 0 Å². The van der Waals surface area contributed by atoms with Crippen LogP contribution in [0.2, 0.25) is 0 Å². The Balaban J connectivity index is 1.67. The Morgan fingerprint density at radius 2 is 1.66 bits per heavy atom. The van der Waals surface area contributed by atoms with Gasteiger partial charge in [0, 0.05) is 17.1 Å². The Bertz CT molecular complexity index is 1140. The van der Waals surface area contributed by atoms with Crippen LogP contribution in [0.25, 0.3) is 11.8 Å². The van der Waals surface area contributed by atoms with Crippen LogP contribution in [-0.2, 0) is 4.79 Å². The quantitative estimate of drug-likeness (QED) is 0.581. The van der Waals surface area contributed by atoms with E-state index < -0.39 is 0 Å². The van der Waals surface area contributed by atoms with Crippen molar-refractivity contribution in [3.05, 3.63) is 87.6 Å². The number of hydrogen-bond acceptors (Lipinski definition) is 3. The second kappa shape index (κ2) is 7.76. The average Bonchev–Trinajstić information content (AvgIpc) is 3.14. The number of carbonyl (C=O) groups excluding carboxylic acids is 1. The highest BCUT2D eigenvalue weighted by Crippen LogP contribution is 2.30. The smallest absolute Gasteiger partial charge is 0.264 e. The first-order valence-corrected chi connectivity index (χ1v) is 10.3. The zero-order valence-electron chi connectivity index (χ0n) is 17.0. The number of aliphatic imine (C=N–C) groups is 1. The molecule has 1 N–H and O–H groups in total. The van der Waals surface area contributed by atoms with Gasteiger partial charge in [-0.2, -0.15) is 0 Å². The molecular weight excluding hydrogens is 378 g/mol. The number of hydrogen-bond donors (Lipinski definition) is 1. The van der Waals surface area contributed by atoms with E-state index in [-0.39, 0.29) is 5.91 Å². The number of nitrogens with one attached hydrogen (secondary N) is 1. The molecule has 146 valence electrons. The van der Waals surface area contributed by atoms with Crippen LogP contribution in [0, 0.1) is 27.7 Å². The SMILES string of the molecule is Cc1cc(C)cc(-n2c(C)cc(C=C3SC(=Nc4ccccc4)NC3=O)c2C)c1. The van der Waals surface area contributed by atoms with E-state index in [4.69, 9.17) is 0 Å². The molecule has 0 atom stereocenters. The fourth-order valence-corrected chi connectivity index (χ4v) is 4.49. The predicted molar refractivity (Wildman–Crippen MR) is 122 cm³/mol. The van der Waals surface area contributed by atoms with Crippen LogP contribution in [-0.4, -0.2) is 15.6 Å². The predicted octanol–water partition coefficient (Wildman–Crippen LogP) is 5.60. The van der Waals surface area contributed by atoms with E-state index in [0.717, 1.165) is 28.3 Å². The molecule has 1 amide bonds. The van der Waals surface area contributed by atoms with Gasteiger partial charge in [-0.15, -0.1) is 0 Å². The van der Waals surface area contributed by atoms with Crippen molar-refractivity contribution in [2.45, 2.75) is 27.7 Å². The van der Waals surface area contributed by atoms with Gasteiger partial charge in [-0.05, 0) is 92.6 Å². The third-order valence-electron chi connectivity index (χ3n) is 4.86. The Kier molecular flexibility index (Phi) is 5.16. The maximum absolute atomic E-state index is 12.5. The molecule has 0 unspecified atom stereocenters. The molecule has 1 aliphatic rings. The molecule has 1 aliphatic heterocycles. The summed E-state index contributed by atoms with van der Waals surface area (Å²) in [7, 11) is 0. The second-order valence-electron chi connectivity index (χ2n) is 7.33. The first-order chi connectivity index (χ1) is 13.9. The molecule has 4 nitrogen and oxygen atoms in total. The minimum absolute atomic E-state index is 0.110. The monoisotopic (exact) mass is 401 g/mol. The zero-order valence-corrected chi connectivity index (χ0v) is 17.8. The average molecular weight is 402 g/mol. The number of aromatic nitrogens is 1. The molecule has 2 heterocycles. The number of aryl methyl sites for hydroxylation is 3. The molecule has 1 fully saturated rings. The lowest BCUT2D eigenvalue weighted by molar-refractivity contribution is -0.115. The van der Waals surface area contributed by atoms with Crippen LogP contribution < -0.4 is 5.32 Å². The maximum Gasteiger partial charge on any atom is 0.264 e. The fourth-order valence-electron chi connectivity index (χ4n) is 3.65. The summed E-state index contributed by atoms with van der Waals surface area (Å²) < 4.78 is 2.24. The number of benzene rings is 2. The summed E-state index contributed by atoms with van der Waals surface area (Å²) >= 11 is 1.37. The van der Waals surface area contributed by atoms with Crippen molar-refractivity contribution in [1.82, 2.24) is 9.88 Å². The zero-order chi connectivity index (χ0) is 20.5. The number of nitrogens with zero attached hydrogens (tertiary/aromatic N) is 2. The highest BCUT2D eigenvalue weighted by atomic mass is 32.2. The number of rotatable bonds is 3. The van der Waals surface area contributed by atoms with Crippen LogP contribution in [0.4, 0.5) is 5.69 Å².